The van der Waals surface area contributed by atoms with Crippen LogP contribution in [0.25, 0.3) is 22.3 Å². The maximum atomic E-state index is 6.41. The number of aryl methyl sites for hydroxylation is 1. The van der Waals surface area contributed by atoms with Crippen LogP contribution < -0.4 is 10.1 Å². The van der Waals surface area contributed by atoms with Gasteiger partial charge >= 0.3 is 0 Å². The van der Waals surface area contributed by atoms with Crippen LogP contribution in [0, 0.1) is 6.92 Å². The molecule has 0 aliphatic carbocycles. The Hall–Kier alpha value is -3.18. The van der Waals surface area contributed by atoms with Gasteiger partial charge in [-0.3, -0.25) is 4.98 Å². The number of rotatable bonds is 4. The fraction of sp³-hybridized carbons (Fsp3) is 0.0952. The van der Waals surface area contributed by atoms with Crippen molar-refractivity contribution in [3.05, 3.63) is 71.5 Å². The number of pyridine rings is 1. The van der Waals surface area contributed by atoms with Gasteiger partial charge in [-0.05, 0) is 55.0 Å². The van der Waals surface area contributed by atoms with Crippen LogP contribution in [0.3, 0.4) is 0 Å². The molecule has 1 N–H and O–H groups in total. The van der Waals surface area contributed by atoms with Crippen LogP contribution in [-0.2, 0) is 0 Å². The van der Waals surface area contributed by atoms with E-state index in [-0.39, 0.29) is 0 Å². The van der Waals surface area contributed by atoms with Crippen molar-refractivity contribution in [1.82, 2.24) is 15.0 Å². The van der Waals surface area contributed by atoms with Gasteiger partial charge in [-0.2, -0.15) is 0 Å². The molecular formula is C21H17ClN4O. The molecule has 134 valence electrons. The van der Waals surface area contributed by atoms with E-state index in [4.69, 9.17) is 21.3 Å². The summed E-state index contributed by atoms with van der Waals surface area (Å²) in [6.07, 6.45) is 3.47. The molecule has 0 atom stereocenters. The number of hydrogen-bond donors (Lipinski definition) is 1. The molecule has 0 saturated heterocycles. The molecule has 0 radical (unpaired) electrons. The van der Waals surface area contributed by atoms with Crippen LogP contribution in [0.5, 0.6) is 5.75 Å². The number of halogens is 1. The van der Waals surface area contributed by atoms with Crippen molar-refractivity contribution < 1.29 is 4.74 Å². The van der Waals surface area contributed by atoms with Gasteiger partial charge in [0.05, 0.1) is 23.3 Å². The molecule has 4 rings (SSSR count). The number of benzene rings is 2. The van der Waals surface area contributed by atoms with E-state index >= 15 is 0 Å². The third-order valence-electron chi connectivity index (χ3n) is 4.20. The molecule has 0 bridgehead atoms. The number of nitrogens with one attached hydrogen (secondary N) is 1. The summed E-state index contributed by atoms with van der Waals surface area (Å²) in [7, 11) is 1.63. The van der Waals surface area contributed by atoms with Gasteiger partial charge in [-0.15, -0.1) is 0 Å². The predicted octanol–water partition coefficient (Wildman–Crippen LogP) is 5.41. The Bertz CT molecular complexity index is 1120. The van der Waals surface area contributed by atoms with E-state index in [0.717, 1.165) is 33.5 Å². The summed E-state index contributed by atoms with van der Waals surface area (Å²) in [4.78, 5) is 13.6. The summed E-state index contributed by atoms with van der Waals surface area (Å²) in [6, 6.07) is 15.3. The second-order valence-corrected chi connectivity index (χ2v) is 6.54. The molecular weight excluding hydrogens is 360 g/mol. The minimum absolute atomic E-state index is 0.589. The summed E-state index contributed by atoms with van der Waals surface area (Å²) < 4.78 is 5.36. The first-order valence-corrected chi connectivity index (χ1v) is 8.81. The molecule has 5 nitrogen and oxygen atoms in total. The molecule has 0 aliphatic rings. The lowest BCUT2D eigenvalue weighted by molar-refractivity contribution is 0.415. The van der Waals surface area contributed by atoms with Crippen LogP contribution in [-0.4, -0.2) is 22.1 Å². The number of methoxy groups -OCH3 is 1. The van der Waals surface area contributed by atoms with E-state index in [0.29, 0.717) is 16.7 Å². The highest BCUT2D eigenvalue weighted by Crippen LogP contribution is 2.32. The van der Waals surface area contributed by atoms with E-state index in [2.05, 4.69) is 15.3 Å². The Morgan fingerprint density at radius 2 is 1.93 bits per heavy atom. The Morgan fingerprint density at radius 3 is 2.67 bits per heavy atom. The second-order valence-electron chi connectivity index (χ2n) is 6.13. The third kappa shape index (κ3) is 3.55. The molecule has 2 heterocycles. The van der Waals surface area contributed by atoms with E-state index in [1.807, 2.05) is 55.5 Å². The highest BCUT2D eigenvalue weighted by atomic mass is 35.5. The molecule has 0 aliphatic heterocycles. The SMILES string of the molecule is COc1ccc2nc(-c3cccnc3)nc(Nc3ccc(C)cc3Cl)c2c1. The van der Waals surface area contributed by atoms with Crippen molar-refractivity contribution in [3.8, 4) is 17.1 Å². The van der Waals surface area contributed by atoms with Gasteiger partial charge in [0, 0.05) is 23.3 Å². The Labute approximate surface area is 162 Å². The molecule has 27 heavy (non-hydrogen) atoms. The Balaban J connectivity index is 1.89. The lowest BCUT2D eigenvalue weighted by atomic mass is 10.2. The summed E-state index contributed by atoms with van der Waals surface area (Å²) in [5, 5.41) is 4.82. The van der Waals surface area contributed by atoms with Crippen LogP contribution in [0.15, 0.2) is 60.9 Å². The zero-order valence-electron chi connectivity index (χ0n) is 14.9. The van der Waals surface area contributed by atoms with Crippen molar-refractivity contribution in [1.29, 1.82) is 0 Å². The van der Waals surface area contributed by atoms with Gasteiger partial charge in [-0.25, -0.2) is 9.97 Å². The van der Waals surface area contributed by atoms with Gasteiger partial charge in [0.1, 0.15) is 11.6 Å². The summed E-state index contributed by atoms with van der Waals surface area (Å²) in [6.45, 7) is 2.00. The normalized spacial score (nSPS) is 10.8. The largest absolute Gasteiger partial charge is 0.497 e. The van der Waals surface area contributed by atoms with Crippen molar-refractivity contribution >= 4 is 34.0 Å². The number of nitrogens with zero attached hydrogens (tertiary/aromatic N) is 3. The lowest BCUT2D eigenvalue weighted by Crippen LogP contribution is -2.00. The van der Waals surface area contributed by atoms with E-state index < -0.39 is 0 Å². The van der Waals surface area contributed by atoms with Crippen molar-refractivity contribution in [2.45, 2.75) is 6.92 Å². The molecule has 6 heteroatoms. The maximum absolute atomic E-state index is 6.41. The summed E-state index contributed by atoms with van der Waals surface area (Å²) in [5.74, 6) is 1.98. The smallest absolute Gasteiger partial charge is 0.163 e. The van der Waals surface area contributed by atoms with E-state index in [1.54, 1.807) is 19.5 Å². The molecule has 2 aromatic heterocycles. The molecule has 0 amide bonds. The maximum Gasteiger partial charge on any atom is 0.163 e. The van der Waals surface area contributed by atoms with Crippen molar-refractivity contribution in [2.24, 2.45) is 0 Å². The number of fused-ring (bicyclic) bond motifs is 1. The number of anilines is 2. The average molecular weight is 377 g/mol. The minimum Gasteiger partial charge on any atom is -0.497 e. The van der Waals surface area contributed by atoms with Crippen molar-refractivity contribution in [3.63, 3.8) is 0 Å². The van der Waals surface area contributed by atoms with Crippen molar-refractivity contribution in [2.75, 3.05) is 12.4 Å². The molecule has 2 aromatic carbocycles. The zero-order valence-corrected chi connectivity index (χ0v) is 15.7. The molecule has 0 fully saturated rings. The summed E-state index contributed by atoms with van der Waals surface area (Å²) in [5.41, 5.74) is 3.52. The highest BCUT2D eigenvalue weighted by Gasteiger charge is 2.12. The fourth-order valence-corrected chi connectivity index (χ4v) is 3.09. The Kier molecular flexibility index (Phi) is 4.60. The molecule has 0 unspecified atom stereocenters. The van der Waals surface area contributed by atoms with Crippen LogP contribution in [0.4, 0.5) is 11.5 Å². The average Bonchev–Trinajstić information content (AvgIpc) is 2.70. The van der Waals surface area contributed by atoms with Gasteiger partial charge in [0.25, 0.3) is 0 Å². The van der Waals surface area contributed by atoms with Crippen LogP contribution in [0.2, 0.25) is 5.02 Å². The number of aromatic nitrogens is 3. The Morgan fingerprint density at radius 1 is 1.04 bits per heavy atom. The van der Waals surface area contributed by atoms with E-state index in [1.165, 1.54) is 0 Å². The fourth-order valence-electron chi connectivity index (χ4n) is 2.80. The van der Waals surface area contributed by atoms with Crippen LogP contribution >= 0.6 is 11.6 Å². The topological polar surface area (TPSA) is 59.9 Å². The first-order chi connectivity index (χ1) is 13.1. The predicted molar refractivity (Wildman–Crippen MR) is 109 cm³/mol. The number of hydrogen-bond acceptors (Lipinski definition) is 5. The van der Waals surface area contributed by atoms with Gasteiger partial charge in [0.15, 0.2) is 5.82 Å². The second kappa shape index (κ2) is 7.21. The molecule has 0 saturated carbocycles. The zero-order chi connectivity index (χ0) is 18.8. The molecule has 0 spiro atoms. The standard InChI is InChI=1S/C21H17ClN4O/c1-13-5-7-19(17(22)10-13)25-21-16-11-15(27-2)6-8-18(16)24-20(26-21)14-4-3-9-23-12-14/h3-12H,1-2H3,(H,24,25,26). The van der Waals surface area contributed by atoms with Gasteiger partial charge < -0.3 is 10.1 Å². The molecule has 4 aromatic rings. The van der Waals surface area contributed by atoms with Gasteiger partial charge in [0.2, 0.25) is 0 Å². The third-order valence-corrected chi connectivity index (χ3v) is 4.51. The first-order valence-electron chi connectivity index (χ1n) is 8.43. The summed E-state index contributed by atoms with van der Waals surface area (Å²) >= 11 is 6.41. The minimum atomic E-state index is 0.589. The first kappa shape index (κ1) is 17.2. The monoisotopic (exact) mass is 376 g/mol. The van der Waals surface area contributed by atoms with E-state index in [9.17, 15) is 0 Å². The number of ether oxygens (including phenoxy) is 1. The quantitative estimate of drug-likeness (QED) is 0.516. The highest BCUT2D eigenvalue weighted by molar-refractivity contribution is 6.33. The lowest BCUT2D eigenvalue weighted by Gasteiger charge is -2.13. The van der Waals surface area contributed by atoms with Crippen LogP contribution in [0.1, 0.15) is 5.56 Å². The van der Waals surface area contributed by atoms with Gasteiger partial charge in [-0.1, -0.05) is 17.7 Å².